The minimum absolute atomic E-state index is 0.623. The van der Waals surface area contributed by atoms with Gasteiger partial charge < -0.3 is 4.79 Å². The maximum atomic E-state index is 9.87. The number of rotatable bonds is 6. The van der Waals surface area contributed by atoms with Gasteiger partial charge in [0.2, 0.25) is 0 Å². The molecule has 1 heteroatoms. The van der Waals surface area contributed by atoms with Gasteiger partial charge in [0.1, 0.15) is 6.29 Å². The first-order valence-electron chi connectivity index (χ1n) is 4.02. The van der Waals surface area contributed by atoms with E-state index < -0.39 is 0 Å². The van der Waals surface area contributed by atoms with Gasteiger partial charge in [-0.3, -0.25) is 0 Å². The van der Waals surface area contributed by atoms with E-state index in [-0.39, 0.29) is 0 Å². The molecule has 1 radical (unpaired) electrons. The molecule has 0 amide bonds. The quantitative estimate of drug-likeness (QED) is 0.410. The zero-order valence-corrected chi connectivity index (χ0v) is 6.97. The largest absolute Gasteiger partial charge is 0.303 e. The Morgan fingerprint density at radius 2 is 2.10 bits per heavy atom. The van der Waals surface area contributed by atoms with Crippen molar-refractivity contribution in [3.05, 3.63) is 6.42 Å². The maximum absolute atomic E-state index is 9.87. The van der Waals surface area contributed by atoms with Crippen molar-refractivity contribution in [2.75, 3.05) is 0 Å². The Morgan fingerprint density at radius 3 is 2.60 bits per heavy atom. The second-order valence-corrected chi connectivity index (χ2v) is 3.02. The van der Waals surface area contributed by atoms with Crippen LogP contribution in [0.4, 0.5) is 0 Å². The highest BCUT2D eigenvalue weighted by molar-refractivity contribution is 5.50. The van der Waals surface area contributed by atoms with Gasteiger partial charge in [-0.1, -0.05) is 26.7 Å². The lowest BCUT2D eigenvalue weighted by molar-refractivity contribution is -0.107. The van der Waals surface area contributed by atoms with E-state index in [9.17, 15) is 4.79 Å². The van der Waals surface area contributed by atoms with E-state index in [0.29, 0.717) is 6.42 Å². The average Bonchev–Trinajstić information content (AvgIpc) is 1.87. The third kappa shape index (κ3) is 7.67. The Labute approximate surface area is 63.8 Å². The summed E-state index contributed by atoms with van der Waals surface area (Å²) >= 11 is 0. The van der Waals surface area contributed by atoms with Crippen molar-refractivity contribution >= 4 is 6.29 Å². The van der Waals surface area contributed by atoms with E-state index in [1.54, 1.807) is 0 Å². The summed E-state index contributed by atoms with van der Waals surface area (Å²) in [6, 6.07) is 0. The topological polar surface area (TPSA) is 17.1 Å². The van der Waals surface area contributed by atoms with Crippen molar-refractivity contribution < 1.29 is 4.79 Å². The molecule has 0 aromatic carbocycles. The average molecular weight is 141 g/mol. The van der Waals surface area contributed by atoms with E-state index in [1.165, 1.54) is 12.8 Å². The SMILES string of the molecule is CC(C)CCC[CH]CC=O. The molecule has 0 saturated heterocycles. The van der Waals surface area contributed by atoms with Crippen LogP contribution in [0.1, 0.15) is 39.5 Å². The van der Waals surface area contributed by atoms with Gasteiger partial charge in [0.25, 0.3) is 0 Å². The number of hydrogen-bond acceptors (Lipinski definition) is 1. The lowest BCUT2D eigenvalue weighted by atomic mass is 10.0. The number of unbranched alkanes of at least 4 members (excludes halogenated alkanes) is 3. The van der Waals surface area contributed by atoms with Crippen LogP contribution >= 0.6 is 0 Å². The van der Waals surface area contributed by atoms with Gasteiger partial charge >= 0.3 is 0 Å². The smallest absolute Gasteiger partial charge is 0.120 e. The monoisotopic (exact) mass is 141 g/mol. The lowest BCUT2D eigenvalue weighted by Gasteiger charge is -2.01. The molecule has 0 aliphatic rings. The van der Waals surface area contributed by atoms with E-state index in [2.05, 4.69) is 20.3 Å². The van der Waals surface area contributed by atoms with Gasteiger partial charge in [-0.15, -0.1) is 0 Å². The molecule has 0 fully saturated rings. The predicted octanol–water partition coefficient (Wildman–Crippen LogP) is 2.61. The summed E-state index contributed by atoms with van der Waals surface area (Å²) in [4.78, 5) is 9.87. The zero-order chi connectivity index (χ0) is 7.82. The van der Waals surface area contributed by atoms with Gasteiger partial charge in [-0.05, 0) is 18.8 Å². The zero-order valence-electron chi connectivity index (χ0n) is 6.97. The minimum atomic E-state index is 0.623. The Balaban J connectivity index is 2.83. The van der Waals surface area contributed by atoms with Crippen LogP contribution in [-0.4, -0.2) is 6.29 Å². The minimum Gasteiger partial charge on any atom is -0.303 e. The summed E-state index contributed by atoms with van der Waals surface area (Å²) in [5.74, 6) is 0.796. The van der Waals surface area contributed by atoms with Crippen molar-refractivity contribution in [3.63, 3.8) is 0 Å². The molecule has 0 N–H and O–H groups in total. The number of hydrogen-bond donors (Lipinski definition) is 0. The highest BCUT2D eigenvalue weighted by Gasteiger charge is 1.93. The molecule has 0 aliphatic carbocycles. The summed E-state index contributed by atoms with van der Waals surface area (Å²) < 4.78 is 0. The van der Waals surface area contributed by atoms with E-state index in [1.807, 2.05) is 0 Å². The van der Waals surface area contributed by atoms with Crippen molar-refractivity contribution in [2.45, 2.75) is 39.5 Å². The summed E-state index contributed by atoms with van der Waals surface area (Å²) in [6.45, 7) is 4.44. The van der Waals surface area contributed by atoms with Crippen LogP contribution in [0.2, 0.25) is 0 Å². The van der Waals surface area contributed by atoms with Crippen molar-refractivity contribution in [1.82, 2.24) is 0 Å². The highest BCUT2D eigenvalue weighted by Crippen LogP contribution is 2.07. The third-order valence-corrected chi connectivity index (χ3v) is 1.45. The van der Waals surface area contributed by atoms with Gasteiger partial charge in [-0.2, -0.15) is 0 Å². The number of aldehydes is 1. The van der Waals surface area contributed by atoms with Crippen LogP contribution in [0.3, 0.4) is 0 Å². The molecule has 0 bridgehead atoms. The maximum Gasteiger partial charge on any atom is 0.120 e. The number of carbonyl (C=O) groups is 1. The molecule has 0 aromatic rings. The predicted molar refractivity (Wildman–Crippen MR) is 43.7 cm³/mol. The van der Waals surface area contributed by atoms with Crippen LogP contribution < -0.4 is 0 Å². The summed E-state index contributed by atoms with van der Waals surface area (Å²) in [5.41, 5.74) is 0. The van der Waals surface area contributed by atoms with Crippen LogP contribution in [0.5, 0.6) is 0 Å². The fourth-order valence-corrected chi connectivity index (χ4v) is 0.856. The molecule has 1 nitrogen and oxygen atoms in total. The standard InChI is InChI=1S/C9H17O/c1-9(2)7-5-3-4-6-8-10/h4,8-9H,3,5-7H2,1-2H3. The van der Waals surface area contributed by atoms with Crippen molar-refractivity contribution in [3.8, 4) is 0 Å². The Kier molecular flexibility index (Phi) is 6.56. The van der Waals surface area contributed by atoms with Gasteiger partial charge in [0, 0.05) is 6.42 Å². The Bertz CT molecular complexity index is 76.8. The van der Waals surface area contributed by atoms with E-state index in [4.69, 9.17) is 0 Å². The summed E-state index contributed by atoms with van der Waals surface area (Å²) in [6.07, 6.45) is 7.22. The molecule has 0 saturated carbocycles. The molecule has 10 heavy (non-hydrogen) atoms. The molecular weight excluding hydrogens is 124 g/mol. The first-order chi connectivity index (χ1) is 4.77. The second kappa shape index (κ2) is 6.79. The molecular formula is C9H17O. The van der Waals surface area contributed by atoms with Crippen LogP contribution in [0.25, 0.3) is 0 Å². The van der Waals surface area contributed by atoms with Gasteiger partial charge in [-0.25, -0.2) is 0 Å². The Hall–Kier alpha value is -0.330. The van der Waals surface area contributed by atoms with Crippen molar-refractivity contribution in [1.29, 1.82) is 0 Å². The fraction of sp³-hybridized carbons (Fsp3) is 0.778. The summed E-state index contributed by atoms with van der Waals surface area (Å²) in [7, 11) is 0. The molecule has 0 spiro atoms. The highest BCUT2D eigenvalue weighted by atomic mass is 16.1. The molecule has 0 atom stereocenters. The van der Waals surface area contributed by atoms with E-state index in [0.717, 1.165) is 18.6 Å². The molecule has 0 aliphatic heterocycles. The fourth-order valence-electron chi connectivity index (χ4n) is 0.856. The first-order valence-corrected chi connectivity index (χ1v) is 4.02. The normalized spacial score (nSPS) is 10.3. The Morgan fingerprint density at radius 1 is 1.40 bits per heavy atom. The number of carbonyl (C=O) groups excluding carboxylic acids is 1. The lowest BCUT2D eigenvalue weighted by Crippen LogP contribution is -1.87. The van der Waals surface area contributed by atoms with Gasteiger partial charge in [0.15, 0.2) is 0 Å². The van der Waals surface area contributed by atoms with Crippen LogP contribution in [0.15, 0.2) is 0 Å². The molecule has 0 unspecified atom stereocenters. The molecule has 59 valence electrons. The van der Waals surface area contributed by atoms with Crippen LogP contribution in [0, 0.1) is 12.3 Å². The molecule has 0 aromatic heterocycles. The summed E-state index contributed by atoms with van der Waals surface area (Å²) in [5, 5.41) is 0. The van der Waals surface area contributed by atoms with Crippen molar-refractivity contribution in [2.24, 2.45) is 5.92 Å². The first kappa shape index (κ1) is 9.67. The van der Waals surface area contributed by atoms with E-state index >= 15 is 0 Å². The molecule has 0 rings (SSSR count). The molecule has 0 heterocycles. The third-order valence-electron chi connectivity index (χ3n) is 1.45. The van der Waals surface area contributed by atoms with Gasteiger partial charge in [0.05, 0.1) is 0 Å². The second-order valence-electron chi connectivity index (χ2n) is 3.02. The van der Waals surface area contributed by atoms with Crippen LogP contribution in [-0.2, 0) is 4.79 Å².